The monoisotopic (exact) mass is 490 g/mol. The van der Waals surface area contributed by atoms with E-state index < -0.39 is 0 Å². The predicted octanol–water partition coefficient (Wildman–Crippen LogP) is 6.24. The summed E-state index contributed by atoms with van der Waals surface area (Å²) in [6, 6.07) is 13.7. The Balaban J connectivity index is 1.36. The van der Waals surface area contributed by atoms with Gasteiger partial charge in [0.25, 0.3) is 5.91 Å². The summed E-state index contributed by atoms with van der Waals surface area (Å²) in [6.45, 7) is 5.23. The van der Waals surface area contributed by atoms with Crippen LogP contribution in [0, 0.1) is 12.3 Å². The second kappa shape index (κ2) is 9.16. The molecule has 1 amide bonds. The number of aromatic nitrogens is 1. The zero-order valence-electron chi connectivity index (χ0n) is 18.8. The Labute approximate surface area is 207 Å². The normalized spacial score (nSPS) is 16.8. The number of carbonyl (C=O) groups excluding carboxylic acids is 1. The minimum absolute atomic E-state index is 0.155. The van der Waals surface area contributed by atoms with Crippen LogP contribution in [0.15, 0.2) is 70.3 Å². The third-order valence-corrected chi connectivity index (χ3v) is 7.08. The zero-order chi connectivity index (χ0) is 23.8. The van der Waals surface area contributed by atoms with Crippen molar-refractivity contribution in [3.63, 3.8) is 0 Å². The van der Waals surface area contributed by atoms with Gasteiger partial charge in [-0.3, -0.25) is 15.1 Å². The van der Waals surface area contributed by atoms with Crippen LogP contribution in [0.2, 0.25) is 5.02 Å². The molecule has 2 aliphatic rings. The average molecular weight is 491 g/mol. The zero-order valence-corrected chi connectivity index (χ0v) is 20.4. The summed E-state index contributed by atoms with van der Waals surface area (Å²) in [4.78, 5) is 19.6. The van der Waals surface area contributed by atoms with Crippen LogP contribution in [0.3, 0.4) is 0 Å². The molecule has 6 nitrogen and oxygen atoms in total. The number of nitrogens with one attached hydrogen (secondary N) is 1. The molecule has 0 radical (unpaired) electrons. The molecule has 1 N–H and O–H groups in total. The number of allylic oxidation sites excluding steroid dienone is 1. The molecule has 3 aromatic rings. The lowest BCUT2D eigenvalue weighted by atomic mass is 10.1. The number of carbonyl (C=O) groups is 1. The van der Waals surface area contributed by atoms with Crippen LogP contribution >= 0.6 is 23.4 Å². The van der Waals surface area contributed by atoms with E-state index >= 15 is 0 Å². The van der Waals surface area contributed by atoms with Gasteiger partial charge in [0.05, 0.1) is 12.2 Å². The fourth-order valence-electron chi connectivity index (χ4n) is 4.06. The van der Waals surface area contributed by atoms with Crippen molar-refractivity contribution in [3.8, 4) is 5.75 Å². The maximum absolute atomic E-state index is 12.7. The number of benzene rings is 2. The Kier molecular flexibility index (Phi) is 6.06. The highest BCUT2D eigenvalue weighted by molar-refractivity contribution is 8.17. The molecule has 0 bridgehead atoms. The van der Waals surface area contributed by atoms with E-state index in [-0.39, 0.29) is 11.7 Å². The molecule has 0 atom stereocenters. The van der Waals surface area contributed by atoms with Crippen LogP contribution in [0.1, 0.15) is 24.5 Å². The maximum atomic E-state index is 12.7. The topological polar surface area (TPSA) is 70.7 Å². The highest BCUT2D eigenvalue weighted by Crippen LogP contribution is 2.33. The van der Waals surface area contributed by atoms with Crippen molar-refractivity contribution >= 4 is 57.3 Å². The Morgan fingerprint density at radius 3 is 2.85 bits per heavy atom. The summed E-state index contributed by atoms with van der Waals surface area (Å²) < 4.78 is 8.06. The first-order chi connectivity index (χ1) is 16.4. The first kappa shape index (κ1) is 22.5. The maximum Gasteiger partial charge on any atom is 0.283 e. The van der Waals surface area contributed by atoms with Gasteiger partial charge < -0.3 is 9.30 Å². The summed E-state index contributed by atoms with van der Waals surface area (Å²) in [7, 11) is 0. The van der Waals surface area contributed by atoms with Crippen LogP contribution in [0.25, 0.3) is 17.0 Å². The van der Waals surface area contributed by atoms with Gasteiger partial charge in [-0.15, -0.1) is 0 Å². The van der Waals surface area contributed by atoms with E-state index in [1.165, 1.54) is 11.8 Å². The Bertz CT molecular complexity index is 1420. The number of para-hydroxylation sites is 1. The van der Waals surface area contributed by atoms with E-state index in [1.54, 1.807) is 11.0 Å². The quantitative estimate of drug-likeness (QED) is 0.328. The van der Waals surface area contributed by atoms with Crippen LogP contribution in [0.5, 0.6) is 5.75 Å². The standard InChI is InChI=1S/C26H23ClN4O2S/c1-16-12-19(8-9-22(16)27)33-11-5-10-30-15-18(20-6-3-4-7-23(20)30)13-21-24(28)31-14-17(2)34-26(31)29-25(21)32/h3-4,6-9,12-15,28H,5,10-11H2,1-2H3. The minimum Gasteiger partial charge on any atom is -0.494 e. The SMILES string of the molecule is CC1=CN2C(=N)C(=Cc3cn(CCCOc4ccc(Cl)c(C)c4)c4ccccc34)C(=O)N=C2S1. The molecular formula is C26H23ClN4O2S. The van der Waals surface area contributed by atoms with Gasteiger partial charge in [0, 0.05) is 45.3 Å². The molecular weight excluding hydrogens is 468 g/mol. The summed E-state index contributed by atoms with van der Waals surface area (Å²) in [5, 5.41) is 10.9. The van der Waals surface area contributed by atoms with Crippen molar-refractivity contribution in [3.05, 3.63) is 81.5 Å². The van der Waals surface area contributed by atoms with Crippen LogP contribution in [0.4, 0.5) is 0 Å². The number of amides is 1. The number of ether oxygens (including phenoxy) is 1. The van der Waals surface area contributed by atoms with Gasteiger partial charge in [-0.05, 0) is 56.2 Å². The van der Waals surface area contributed by atoms with Crippen molar-refractivity contribution in [1.29, 1.82) is 5.41 Å². The predicted molar refractivity (Wildman–Crippen MR) is 140 cm³/mol. The van der Waals surface area contributed by atoms with Gasteiger partial charge in [0.2, 0.25) is 0 Å². The Morgan fingerprint density at radius 1 is 1.21 bits per heavy atom. The molecule has 0 saturated carbocycles. The number of fused-ring (bicyclic) bond motifs is 2. The van der Waals surface area contributed by atoms with Crippen molar-refractivity contribution < 1.29 is 9.53 Å². The van der Waals surface area contributed by atoms with Crippen molar-refractivity contribution in [2.24, 2.45) is 4.99 Å². The Morgan fingerprint density at radius 2 is 2.03 bits per heavy atom. The molecule has 3 heterocycles. The third kappa shape index (κ3) is 4.29. The minimum atomic E-state index is -0.379. The molecule has 0 saturated heterocycles. The van der Waals surface area contributed by atoms with Gasteiger partial charge in [-0.2, -0.15) is 4.99 Å². The number of aryl methyl sites for hydroxylation is 2. The van der Waals surface area contributed by atoms with E-state index in [2.05, 4.69) is 15.6 Å². The van der Waals surface area contributed by atoms with Crippen LogP contribution in [-0.2, 0) is 11.3 Å². The van der Waals surface area contributed by atoms with E-state index in [1.807, 2.05) is 62.6 Å². The largest absolute Gasteiger partial charge is 0.494 e. The average Bonchev–Trinajstić information content (AvgIpc) is 3.36. The van der Waals surface area contributed by atoms with E-state index in [0.717, 1.165) is 50.7 Å². The highest BCUT2D eigenvalue weighted by atomic mass is 35.5. The van der Waals surface area contributed by atoms with Gasteiger partial charge in [0.1, 0.15) is 11.6 Å². The van der Waals surface area contributed by atoms with Crippen LogP contribution in [-0.4, -0.2) is 33.0 Å². The molecule has 0 fully saturated rings. The fourth-order valence-corrected chi connectivity index (χ4v) is 5.00. The number of halogens is 1. The number of hydrogen-bond donors (Lipinski definition) is 1. The summed E-state index contributed by atoms with van der Waals surface area (Å²) in [5.74, 6) is 0.585. The van der Waals surface area contributed by atoms with Crippen molar-refractivity contribution in [2.75, 3.05) is 6.61 Å². The molecule has 172 valence electrons. The van der Waals surface area contributed by atoms with Gasteiger partial charge in [-0.1, -0.05) is 41.6 Å². The molecule has 1 aromatic heterocycles. The number of hydrogen-bond acceptors (Lipinski definition) is 4. The molecule has 2 aliphatic heterocycles. The van der Waals surface area contributed by atoms with Gasteiger partial charge in [0.15, 0.2) is 5.17 Å². The second-order valence-corrected chi connectivity index (χ2v) is 9.85. The number of aliphatic imine (C=N–C) groups is 1. The summed E-state index contributed by atoms with van der Waals surface area (Å²) in [5.41, 5.74) is 3.25. The first-order valence-corrected chi connectivity index (χ1v) is 12.2. The van der Waals surface area contributed by atoms with Gasteiger partial charge >= 0.3 is 0 Å². The van der Waals surface area contributed by atoms with E-state index in [4.69, 9.17) is 21.7 Å². The van der Waals surface area contributed by atoms with E-state index in [9.17, 15) is 4.79 Å². The molecule has 0 aliphatic carbocycles. The molecule has 2 aromatic carbocycles. The number of amidine groups is 2. The van der Waals surface area contributed by atoms with Crippen LogP contribution < -0.4 is 4.74 Å². The first-order valence-electron chi connectivity index (χ1n) is 11.0. The fraction of sp³-hybridized carbons (Fsp3) is 0.192. The molecule has 0 spiro atoms. The second-order valence-electron chi connectivity index (χ2n) is 8.23. The molecule has 0 unspecified atom stereocenters. The summed E-state index contributed by atoms with van der Waals surface area (Å²) in [6.07, 6.45) is 6.47. The van der Waals surface area contributed by atoms with Crippen molar-refractivity contribution in [1.82, 2.24) is 9.47 Å². The van der Waals surface area contributed by atoms with E-state index in [0.29, 0.717) is 17.3 Å². The lowest BCUT2D eigenvalue weighted by Gasteiger charge is -2.22. The van der Waals surface area contributed by atoms with Crippen molar-refractivity contribution in [2.45, 2.75) is 26.8 Å². The number of rotatable bonds is 6. The molecule has 34 heavy (non-hydrogen) atoms. The Hall–Kier alpha value is -3.29. The highest BCUT2D eigenvalue weighted by Gasteiger charge is 2.33. The van der Waals surface area contributed by atoms with Gasteiger partial charge in [-0.25, -0.2) is 0 Å². The third-order valence-electron chi connectivity index (χ3n) is 5.75. The number of nitrogens with zero attached hydrogens (tertiary/aromatic N) is 3. The molecule has 8 heteroatoms. The number of thioether (sulfide) groups is 1. The smallest absolute Gasteiger partial charge is 0.283 e. The summed E-state index contributed by atoms with van der Waals surface area (Å²) >= 11 is 7.50. The lowest BCUT2D eigenvalue weighted by Crippen LogP contribution is -2.35. The lowest BCUT2D eigenvalue weighted by molar-refractivity contribution is -0.114. The molecule has 5 rings (SSSR count).